The first-order valence-corrected chi connectivity index (χ1v) is 4.47. The Morgan fingerprint density at radius 3 is 2.77 bits per heavy atom. The Kier molecular flexibility index (Phi) is 3.06. The number of nitrogens with one attached hydrogen (secondary N) is 1. The molecule has 1 rings (SSSR count). The third-order valence-corrected chi connectivity index (χ3v) is 1.62. The van der Waals surface area contributed by atoms with Crippen molar-refractivity contribution in [2.45, 2.75) is 33.4 Å². The molecule has 0 bridgehead atoms. The van der Waals surface area contributed by atoms with Gasteiger partial charge in [-0.3, -0.25) is 4.79 Å². The van der Waals surface area contributed by atoms with Crippen molar-refractivity contribution in [2.24, 2.45) is 0 Å². The van der Waals surface area contributed by atoms with Crippen LogP contribution in [0.2, 0.25) is 0 Å². The van der Waals surface area contributed by atoms with E-state index in [2.05, 4.69) is 10.4 Å². The van der Waals surface area contributed by atoms with Crippen LogP contribution in [0.5, 0.6) is 0 Å². The minimum absolute atomic E-state index is 0.0619. The van der Waals surface area contributed by atoms with Crippen molar-refractivity contribution < 1.29 is 0 Å². The number of anilines is 1. The highest BCUT2D eigenvalue weighted by atomic mass is 16.1. The Hall–Kier alpha value is -1.32. The highest BCUT2D eigenvalue weighted by Gasteiger charge is 1.98. The third kappa shape index (κ3) is 2.57. The molecule has 0 atom stereocenters. The Morgan fingerprint density at radius 1 is 1.62 bits per heavy atom. The van der Waals surface area contributed by atoms with Gasteiger partial charge in [-0.1, -0.05) is 0 Å². The van der Waals surface area contributed by atoms with Crippen molar-refractivity contribution in [3.8, 4) is 0 Å². The second-order valence-corrected chi connectivity index (χ2v) is 3.20. The fourth-order valence-corrected chi connectivity index (χ4v) is 1.08. The first-order chi connectivity index (χ1) is 6.13. The van der Waals surface area contributed by atoms with Gasteiger partial charge in [-0.25, -0.2) is 4.68 Å². The smallest absolute Gasteiger partial charge is 0.268 e. The van der Waals surface area contributed by atoms with Crippen molar-refractivity contribution in [3.05, 3.63) is 22.6 Å². The van der Waals surface area contributed by atoms with E-state index in [-0.39, 0.29) is 5.56 Å². The highest BCUT2D eigenvalue weighted by molar-refractivity contribution is 5.39. The van der Waals surface area contributed by atoms with E-state index in [4.69, 9.17) is 0 Å². The Morgan fingerprint density at radius 2 is 2.31 bits per heavy atom. The molecule has 13 heavy (non-hydrogen) atoms. The summed E-state index contributed by atoms with van der Waals surface area (Å²) in [7, 11) is 0. The number of aromatic nitrogens is 2. The zero-order valence-corrected chi connectivity index (χ0v) is 8.24. The van der Waals surface area contributed by atoms with Crippen LogP contribution in [0.3, 0.4) is 0 Å². The summed E-state index contributed by atoms with van der Waals surface area (Å²) >= 11 is 0. The molecule has 0 aliphatic heterocycles. The Labute approximate surface area is 77.6 Å². The number of aryl methyl sites for hydroxylation is 1. The van der Waals surface area contributed by atoms with Crippen LogP contribution in [-0.4, -0.2) is 15.8 Å². The Balaban J connectivity index is 2.90. The highest BCUT2D eigenvalue weighted by Crippen LogP contribution is 2.01. The van der Waals surface area contributed by atoms with Crippen molar-refractivity contribution in [1.82, 2.24) is 9.78 Å². The van der Waals surface area contributed by atoms with Gasteiger partial charge in [-0.2, -0.15) is 5.10 Å². The van der Waals surface area contributed by atoms with E-state index in [0.717, 1.165) is 5.69 Å². The maximum atomic E-state index is 11.3. The molecule has 0 aliphatic rings. The number of hydrogen-bond acceptors (Lipinski definition) is 3. The Bertz CT molecular complexity index is 330. The van der Waals surface area contributed by atoms with Gasteiger partial charge in [0.05, 0.1) is 11.9 Å². The number of nitrogens with zero attached hydrogens (tertiary/aromatic N) is 2. The van der Waals surface area contributed by atoms with Gasteiger partial charge < -0.3 is 5.32 Å². The van der Waals surface area contributed by atoms with E-state index in [1.54, 1.807) is 12.3 Å². The average molecular weight is 181 g/mol. The fourth-order valence-electron chi connectivity index (χ4n) is 1.08. The third-order valence-electron chi connectivity index (χ3n) is 1.62. The van der Waals surface area contributed by atoms with Crippen LogP contribution in [0.4, 0.5) is 5.69 Å². The number of hydrogen-bond donors (Lipinski definition) is 1. The minimum Gasteiger partial charge on any atom is -0.381 e. The second-order valence-electron chi connectivity index (χ2n) is 3.20. The molecule has 0 amide bonds. The summed E-state index contributed by atoms with van der Waals surface area (Å²) in [6.45, 7) is 6.54. The minimum atomic E-state index is -0.0619. The number of rotatable bonds is 3. The molecule has 0 saturated carbocycles. The van der Waals surface area contributed by atoms with Crippen molar-refractivity contribution in [1.29, 1.82) is 0 Å². The van der Waals surface area contributed by atoms with E-state index in [9.17, 15) is 4.79 Å². The predicted molar refractivity (Wildman–Crippen MR) is 52.9 cm³/mol. The lowest BCUT2D eigenvalue weighted by molar-refractivity contribution is 0.615. The molecule has 4 nitrogen and oxygen atoms in total. The molecular weight excluding hydrogens is 166 g/mol. The lowest BCUT2D eigenvalue weighted by atomic mass is 10.3. The normalized spacial score (nSPS) is 10.5. The van der Waals surface area contributed by atoms with Gasteiger partial charge in [-0.05, 0) is 20.8 Å². The zero-order chi connectivity index (χ0) is 9.84. The standard InChI is InChI=1S/C9H15N3O/c1-4-12-9(13)5-8(6-10-12)11-7(2)3/h5-7,11H,4H2,1-3H3. The van der Waals surface area contributed by atoms with Crippen LogP contribution in [0.15, 0.2) is 17.1 Å². The molecular formula is C9H15N3O. The first-order valence-electron chi connectivity index (χ1n) is 4.47. The van der Waals surface area contributed by atoms with Crippen LogP contribution < -0.4 is 10.9 Å². The predicted octanol–water partition coefficient (Wildman–Crippen LogP) is 1.08. The largest absolute Gasteiger partial charge is 0.381 e. The van der Waals surface area contributed by atoms with Gasteiger partial charge in [0.15, 0.2) is 0 Å². The second kappa shape index (κ2) is 4.07. The molecule has 1 aromatic heterocycles. The summed E-state index contributed by atoms with van der Waals surface area (Å²) in [6.07, 6.45) is 1.67. The van der Waals surface area contributed by atoms with E-state index in [1.165, 1.54) is 4.68 Å². The molecule has 0 unspecified atom stereocenters. The summed E-state index contributed by atoms with van der Waals surface area (Å²) < 4.78 is 1.42. The van der Waals surface area contributed by atoms with E-state index >= 15 is 0 Å². The molecule has 0 saturated heterocycles. The van der Waals surface area contributed by atoms with Crippen molar-refractivity contribution >= 4 is 5.69 Å². The fraction of sp³-hybridized carbons (Fsp3) is 0.556. The van der Waals surface area contributed by atoms with Gasteiger partial charge in [-0.15, -0.1) is 0 Å². The molecule has 0 radical (unpaired) electrons. The monoisotopic (exact) mass is 181 g/mol. The molecule has 1 heterocycles. The summed E-state index contributed by atoms with van der Waals surface area (Å²) in [5.74, 6) is 0. The quantitative estimate of drug-likeness (QED) is 0.759. The van der Waals surface area contributed by atoms with Gasteiger partial charge in [0.1, 0.15) is 0 Å². The molecule has 0 spiro atoms. The zero-order valence-electron chi connectivity index (χ0n) is 8.24. The van der Waals surface area contributed by atoms with Crippen LogP contribution >= 0.6 is 0 Å². The molecule has 72 valence electrons. The van der Waals surface area contributed by atoms with Crippen LogP contribution in [-0.2, 0) is 6.54 Å². The summed E-state index contributed by atoms with van der Waals surface area (Å²) in [5, 5.41) is 7.11. The van der Waals surface area contributed by atoms with Crippen molar-refractivity contribution in [2.75, 3.05) is 5.32 Å². The SMILES string of the molecule is CCn1ncc(NC(C)C)cc1=O. The van der Waals surface area contributed by atoms with Gasteiger partial charge >= 0.3 is 0 Å². The van der Waals surface area contributed by atoms with Gasteiger partial charge in [0, 0.05) is 18.7 Å². The molecule has 0 fully saturated rings. The van der Waals surface area contributed by atoms with Crippen molar-refractivity contribution in [3.63, 3.8) is 0 Å². The molecule has 0 aliphatic carbocycles. The summed E-state index contributed by atoms with van der Waals surface area (Å²) in [4.78, 5) is 11.3. The topological polar surface area (TPSA) is 46.9 Å². The van der Waals surface area contributed by atoms with Crippen LogP contribution in [0.25, 0.3) is 0 Å². The summed E-state index contributed by atoms with van der Waals surface area (Å²) in [6, 6.07) is 1.88. The summed E-state index contributed by atoms with van der Waals surface area (Å²) in [5.41, 5.74) is 0.720. The maximum absolute atomic E-state index is 11.3. The average Bonchev–Trinajstić information content (AvgIpc) is 2.03. The molecule has 1 N–H and O–H groups in total. The van der Waals surface area contributed by atoms with Gasteiger partial charge in [0.2, 0.25) is 0 Å². The van der Waals surface area contributed by atoms with Crippen LogP contribution in [0, 0.1) is 0 Å². The lowest BCUT2D eigenvalue weighted by Crippen LogP contribution is -2.22. The first kappa shape index (κ1) is 9.77. The molecule has 0 aromatic carbocycles. The molecule has 4 heteroatoms. The van der Waals surface area contributed by atoms with Gasteiger partial charge in [0.25, 0.3) is 5.56 Å². The molecule has 1 aromatic rings. The lowest BCUT2D eigenvalue weighted by Gasteiger charge is -2.09. The van der Waals surface area contributed by atoms with E-state index < -0.39 is 0 Å². The maximum Gasteiger partial charge on any atom is 0.268 e. The van der Waals surface area contributed by atoms with E-state index in [0.29, 0.717) is 12.6 Å². The van der Waals surface area contributed by atoms with E-state index in [1.807, 2.05) is 20.8 Å². The van der Waals surface area contributed by atoms with Crippen LogP contribution in [0.1, 0.15) is 20.8 Å².